The van der Waals surface area contributed by atoms with Crippen LogP contribution < -0.4 is 10.6 Å². The Hall–Kier alpha value is -2.95. The number of hydrogen-bond donors (Lipinski definition) is 2. The average Bonchev–Trinajstić information content (AvgIpc) is 2.75. The van der Waals surface area contributed by atoms with E-state index < -0.39 is 0 Å². The van der Waals surface area contributed by atoms with Crippen molar-refractivity contribution in [3.05, 3.63) is 65.2 Å². The number of ketones is 1. The fourth-order valence-corrected chi connectivity index (χ4v) is 2.27. The Bertz CT molecular complexity index is 751. The Morgan fingerprint density at radius 3 is 1.83 bits per heavy atom. The minimum absolute atomic E-state index is 0.0356. The summed E-state index contributed by atoms with van der Waals surface area (Å²) in [4.78, 5) is 35.1. The second kappa shape index (κ2) is 15.0. The molecule has 0 saturated heterocycles. The lowest BCUT2D eigenvalue weighted by Gasteiger charge is -2.07. The normalized spacial score (nSPS) is 9.17. The first-order valence-corrected chi connectivity index (χ1v) is 10.2. The number of rotatable bonds is 7. The largest absolute Gasteiger partial charge is 0.352 e. The summed E-state index contributed by atoms with van der Waals surface area (Å²) in [7, 11) is 0. The second-order valence-electron chi connectivity index (χ2n) is 5.91. The Kier molecular flexibility index (Phi) is 13.5. The van der Waals surface area contributed by atoms with Gasteiger partial charge in [-0.05, 0) is 44.5 Å². The van der Waals surface area contributed by atoms with Crippen LogP contribution in [0.5, 0.6) is 0 Å². The fourth-order valence-electron chi connectivity index (χ4n) is 2.27. The smallest absolute Gasteiger partial charge is 0.251 e. The summed E-state index contributed by atoms with van der Waals surface area (Å²) in [6.07, 6.45) is 0.881. The molecule has 0 unspecified atom stereocenters. The van der Waals surface area contributed by atoms with Crippen LogP contribution in [0.15, 0.2) is 48.5 Å². The van der Waals surface area contributed by atoms with Crippen molar-refractivity contribution < 1.29 is 14.4 Å². The molecule has 0 aromatic heterocycles. The third-order valence-corrected chi connectivity index (χ3v) is 3.76. The number of amides is 2. The van der Waals surface area contributed by atoms with Crippen LogP contribution in [-0.2, 0) is 4.79 Å². The van der Waals surface area contributed by atoms with Gasteiger partial charge in [0.15, 0.2) is 5.78 Å². The molecule has 0 spiro atoms. The maximum absolute atomic E-state index is 12.0. The molecule has 2 N–H and O–H groups in total. The van der Waals surface area contributed by atoms with Gasteiger partial charge in [-0.15, -0.1) is 0 Å². The maximum Gasteiger partial charge on any atom is 0.251 e. The first-order valence-electron chi connectivity index (χ1n) is 10.2. The van der Waals surface area contributed by atoms with Crippen LogP contribution in [0.1, 0.15) is 73.7 Å². The number of carbonyl (C=O) groups excluding carboxylic acids is 3. The van der Waals surface area contributed by atoms with E-state index in [1.54, 1.807) is 24.3 Å². The molecule has 0 bridgehead atoms. The minimum atomic E-state index is -0.214. The number of carbonyl (C=O) groups is 3. The molecule has 5 nitrogen and oxygen atoms in total. The van der Waals surface area contributed by atoms with Crippen LogP contribution in [0.3, 0.4) is 0 Å². The van der Waals surface area contributed by atoms with Gasteiger partial charge in [0.1, 0.15) is 0 Å². The van der Waals surface area contributed by atoms with Crippen LogP contribution in [0.25, 0.3) is 0 Å². The Balaban J connectivity index is 0.00000184. The van der Waals surface area contributed by atoms with Gasteiger partial charge in [-0.1, -0.05) is 57.5 Å². The van der Waals surface area contributed by atoms with Gasteiger partial charge in [-0.25, -0.2) is 0 Å². The van der Waals surface area contributed by atoms with Gasteiger partial charge < -0.3 is 10.6 Å². The summed E-state index contributed by atoms with van der Waals surface area (Å²) in [5.41, 5.74) is 2.97. The molecule has 0 aliphatic carbocycles. The molecule has 2 aromatic carbocycles. The molecular formula is C24H34N2O3. The topological polar surface area (TPSA) is 75.3 Å². The lowest BCUT2D eigenvalue weighted by atomic mass is 10.1. The zero-order chi connectivity index (χ0) is 22.2. The molecule has 2 rings (SSSR count). The zero-order valence-electron chi connectivity index (χ0n) is 18.5. The van der Waals surface area contributed by atoms with Gasteiger partial charge >= 0.3 is 0 Å². The van der Waals surface area contributed by atoms with Gasteiger partial charge in [-0.3, -0.25) is 14.4 Å². The number of Topliss-reactive ketones (excluding diaryl/α,β-unsaturated/α-hetero) is 1. The maximum atomic E-state index is 12.0. The highest BCUT2D eigenvalue weighted by atomic mass is 16.2. The van der Waals surface area contributed by atoms with Crippen molar-refractivity contribution in [3.8, 4) is 0 Å². The summed E-state index contributed by atoms with van der Waals surface area (Å²) in [6, 6.07) is 14.1. The van der Waals surface area contributed by atoms with Crippen LogP contribution in [0, 0.1) is 6.92 Å². The molecule has 0 heterocycles. The van der Waals surface area contributed by atoms with Crippen LogP contribution in [-0.4, -0.2) is 24.1 Å². The van der Waals surface area contributed by atoms with E-state index in [4.69, 9.17) is 0 Å². The van der Waals surface area contributed by atoms with E-state index in [1.807, 2.05) is 58.9 Å². The summed E-state index contributed by atoms with van der Waals surface area (Å²) in [6.45, 7) is 11.9. The SMILES string of the molecule is CC.CC.CC(=O)c1ccc(C(=O)NCCCC(=O)Nc2ccc(C)cc2)cc1. The van der Waals surface area contributed by atoms with Crippen molar-refractivity contribution in [1.29, 1.82) is 0 Å². The molecule has 2 amide bonds. The van der Waals surface area contributed by atoms with Crippen molar-refractivity contribution in [2.24, 2.45) is 0 Å². The van der Waals surface area contributed by atoms with Gasteiger partial charge in [0.05, 0.1) is 0 Å². The highest BCUT2D eigenvalue weighted by Crippen LogP contribution is 2.09. The third kappa shape index (κ3) is 10.2. The Morgan fingerprint density at radius 1 is 0.793 bits per heavy atom. The zero-order valence-corrected chi connectivity index (χ0v) is 18.5. The number of nitrogens with one attached hydrogen (secondary N) is 2. The number of aryl methyl sites for hydroxylation is 1. The van der Waals surface area contributed by atoms with Crippen molar-refractivity contribution in [2.75, 3.05) is 11.9 Å². The molecule has 0 saturated carbocycles. The summed E-state index contributed by atoms with van der Waals surface area (Å²) >= 11 is 0. The van der Waals surface area contributed by atoms with Crippen molar-refractivity contribution in [3.63, 3.8) is 0 Å². The first kappa shape index (κ1) is 26.1. The van der Waals surface area contributed by atoms with E-state index in [9.17, 15) is 14.4 Å². The van der Waals surface area contributed by atoms with Crippen molar-refractivity contribution in [1.82, 2.24) is 5.32 Å². The van der Waals surface area contributed by atoms with Crippen molar-refractivity contribution in [2.45, 2.75) is 54.4 Å². The quantitative estimate of drug-likeness (QED) is 0.484. The summed E-state index contributed by atoms with van der Waals surface area (Å²) in [5.74, 6) is -0.329. The van der Waals surface area contributed by atoms with E-state index in [1.165, 1.54) is 6.92 Å². The lowest BCUT2D eigenvalue weighted by Crippen LogP contribution is -2.25. The van der Waals surface area contributed by atoms with E-state index >= 15 is 0 Å². The third-order valence-electron chi connectivity index (χ3n) is 3.76. The minimum Gasteiger partial charge on any atom is -0.352 e. The number of anilines is 1. The molecule has 0 aliphatic rings. The molecule has 0 aliphatic heterocycles. The van der Waals surface area contributed by atoms with E-state index in [0.717, 1.165) is 11.3 Å². The van der Waals surface area contributed by atoms with Gasteiger partial charge in [0, 0.05) is 29.8 Å². The Morgan fingerprint density at radius 2 is 1.31 bits per heavy atom. The van der Waals surface area contributed by atoms with Gasteiger partial charge in [0.25, 0.3) is 5.91 Å². The molecular weight excluding hydrogens is 364 g/mol. The molecule has 158 valence electrons. The van der Waals surface area contributed by atoms with Crippen LogP contribution in [0.4, 0.5) is 5.69 Å². The number of benzene rings is 2. The Labute approximate surface area is 174 Å². The van der Waals surface area contributed by atoms with Crippen LogP contribution in [0.2, 0.25) is 0 Å². The lowest BCUT2D eigenvalue weighted by molar-refractivity contribution is -0.116. The van der Waals surface area contributed by atoms with E-state index in [0.29, 0.717) is 30.5 Å². The predicted molar refractivity (Wildman–Crippen MR) is 121 cm³/mol. The molecule has 5 heteroatoms. The van der Waals surface area contributed by atoms with Gasteiger partial charge in [0.2, 0.25) is 5.91 Å². The molecule has 0 radical (unpaired) electrons. The molecule has 0 fully saturated rings. The van der Waals surface area contributed by atoms with E-state index in [2.05, 4.69) is 10.6 Å². The fraction of sp³-hybridized carbons (Fsp3) is 0.375. The highest BCUT2D eigenvalue weighted by molar-refractivity contribution is 5.97. The predicted octanol–water partition coefficient (Wildman–Crippen LogP) is 5.40. The summed E-state index contributed by atoms with van der Waals surface area (Å²) in [5, 5.41) is 5.59. The number of hydrogen-bond acceptors (Lipinski definition) is 3. The second-order valence-corrected chi connectivity index (χ2v) is 5.91. The molecule has 29 heavy (non-hydrogen) atoms. The van der Waals surface area contributed by atoms with Crippen molar-refractivity contribution >= 4 is 23.3 Å². The molecule has 0 atom stereocenters. The highest BCUT2D eigenvalue weighted by Gasteiger charge is 2.07. The van der Waals surface area contributed by atoms with Crippen LogP contribution >= 0.6 is 0 Å². The monoisotopic (exact) mass is 398 g/mol. The van der Waals surface area contributed by atoms with E-state index in [-0.39, 0.29) is 17.6 Å². The molecule has 2 aromatic rings. The van der Waals surface area contributed by atoms with Gasteiger partial charge in [-0.2, -0.15) is 0 Å². The first-order chi connectivity index (χ1) is 14.0. The summed E-state index contributed by atoms with van der Waals surface area (Å²) < 4.78 is 0. The average molecular weight is 399 g/mol. The standard InChI is InChI=1S/C20H22N2O3.2C2H6/c1-14-5-11-18(12-6-14)22-19(24)4-3-13-21-20(25)17-9-7-16(8-10-17)15(2)23;2*1-2/h5-12H,3-4,13H2,1-2H3,(H,21,25)(H,22,24);2*1-2H3.